The number of aromatic nitrogens is 2. The molecule has 1 aromatic carbocycles. The number of nitrogens with one attached hydrogen (secondary N) is 2. The van der Waals surface area contributed by atoms with E-state index in [1.807, 2.05) is 13.0 Å². The van der Waals surface area contributed by atoms with Gasteiger partial charge in [-0.1, -0.05) is 29.4 Å². The van der Waals surface area contributed by atoms with Gasteiger partial charge in [-0.3, -0.25) is 9.59 Å². The van der Waals surface area contributed by atoms with Crippen LogP contribution < -0.4 is 10.9 Å². The number of rotatable bonds is 4. The lowest BCUT2D eigenvalue weighted by Crippen LogP contribution is -2.23. The number of hydrogen-bond donors (Lipinski definition) is 2. The zero-order chi connectivity index (χ0) is 15.4. The predicted octanol–water partition coefficient (Wildman–Crippen LogP) is 2.85. The first-order valence-corrected chi connectivity index (χ1v) is 7.50. The minimum Gasteiger partial charge on any atom is -0.325 e. The molecule has 0 aliphatic rings. The van der Waals surface area contributed by atoms with Gasteiger partial charge in [0.1, 0.15) is 0 Å². The molecule has 7 heteroatoms. The number of aryl methyl sites for hydroxylation is 1. The van der Waals surface area contributed by atoms with Crippen molar-refractivity contribution < 1.29 is 4.79 Å². The van der Waals surface area contributed by atoms with Gasteiger partial charge in [0.2, 0.25) is 5.91 Å². The molecule has 2 aromatic rings. The molecule has 0 aliphatic heterocycles. The van der Waals surface area contributed by atoms with Crippen LogP contribution in [-0.4, -0.2) is 21.1 Å². The Morgan fingerprint density at radius 1 is 1.43 bits per heavy atom. The van der Waals surface area contributed by atoms with Crippen LogP contribution in [0, 0.1) is 6.92 Å². The van der Waals surface area contributed by atoms with Gasteiger partial charge in [-0.25, -0.2) is 4.98 Å². The van der Waals surface area contributed by atoms with Crippen LogP contribution >= 0.6 is 23.4 Å². The highest BCUT2D eigenvalue weighted by Crippen LogP contribution is 2.23. The van der Waals surface area contributed by atoms with E-state index < -0.39 is 5.25 Å². The Morgan fingerprint density at radius 2 is 2.19 bits per heavy atom. The molecular formula is C14H14ClN3O2S. The Kier molecular flexibility index (Phi) is 5.03. The fraction of sp³-hybridized carbons (Fsp3) is 0.214. The molecule has 110 valence electrons. The summed E-state index contributed by atoms with van der Waals surface area (Å²) in [5.41, 5.74) is 1.36. The maximum Gasteiger partial charge on any atom is 0.251 e. The van der Waals surface area contributed by atoms with Crippen LogP contribution in [0.15, 0.2) is 40.4 Å². The van der Waals surface area contributed by atoms with Gasteiger partial charge in [-0.15, -0.1) is 0 Å². The molecule has 21 heavy (non-hydrogen) atoms. The summed E-state index contributed by atoms with van der Waals surface area (Å²) in [6.07, 6.45) is 1.41. The van der Waals surface area contributed by atoms with E-state index in [4.69, 9.17) is 11.6 Å². The highest BCUT2D eigenvalue weighted by Gasteiger charge is 2.16. The zero-order valence-electron chi connectivity index (χ0n) is 11.5. The Hall–Kier alpha value is -1.79. The molecule has 1 aromatic heterocycles. The zero-order valence-corrected chi connectivity index (χ0v) is 13.1. The van der Waals surface area contributed by atoms with Crippen molar-refractivity contribution in [1.29, 1.82) is 0 Å². The first-order valence-electron chi connectivity index (χ1n) is 6.24. The van der Waals surface area contributed by atoms with Crippen molar-refractivity contribution in [2.45, 2.75) is 24.3 Å². The lowest BCUT2D eigenvalue weighted by Gasteiger charge is -2.13. The number of amides is 1. The summed E-state index contributed by atoms with van der Waals surface area (Å²) in [5, 5.41) is 3.38. The quantitative estimate of drug-likeness (QED) is 0.670. The predicted molar refractivity (Wildman–Crippen MR) is 85.0 cm³/mol. The summed E-state index contributed by atoms with van der Waals surface area (Å²) in [6, 6.07) is 6.63. The maximum atomic E-state index is 12.2. The van der Waals surface area contributed by atoms with Crippen LogP contribution in [-0.2, 0) is 4.79 Å². The summed E-state index contributed by atoms with van der Waals surface area (Å²) in [7, 11) is 0. The number of carbonyl (C=O) groups is 1. The molecule has 1 atom stereocenters. The van der Waals surface area contributed by atoms with Gasteiger partial charge in [0.25, 0.3) is 5.56 Å². The highest BCUT2D eigenvalue weighted by molar-refractivity contribution is 8.00. The number of H-pyrrole nitrogens is 1. The Morgan fingerprint density at radius 3 is 2.90 bits per heavy atom. The number of aromatic amines is 1. The summed E-state index contributed by atoms with van der Waals surface area (Å²) < 4.78 is 0. The van der Waals surface area contributed by atoms with E-state index >= 15 is 0 Å². The highest BCUT2D eigenvalue weighted by atomic mass is 35.5. The van der Waals surface area contributed by atoms with Crippen LogP contribution in [0.2, 0.25) is 5.02 Å². The van der Waals surface area contributed by atoms with Crippen molar-refractivity contribution >= 4 is 35.0 Å². The van der Waals surface area contributed by atoms with Gasteiger partial charge in [0.15, 0.2) is 5.16 Å². The SMILES string of the molecule is Cc1ccc(Cl)cc1NC(=O)[C@@H](C)Sc1nccc(=O)[nH]1. The molecule has 0 fully saturated rings. The van der Waals surface area contributed by atoms with E-state index in [1.54, 1.807) is 19.1 Å². The number of anilines is 1. The van der Waals surface area contributed by atoms with Crippen molar-refractivity contribution in [3.63, 3.8) is 0 Å². The summed E-state index contributed by atoms with van der Waals surface area (Å²) in [4.78, 5) is 29.9. The molecule has 0 spiro atoms. The van der Waals surface area contributed by atoms with Gasteiger partial charge < -0.3 is 10.3 Å². The number of nitrogens with zero attached hydrogens (tertiary/aromatic N) is 1. The molecule has 0 saturated heterocycles. The van der Waals surface area contributed by atoms with Crippen LogP contribution in [0.5, 0.6) is 0 Å². The summed E-state index contributed by atoms with van der Waals surface area (Å²) in [5.74, 6) is -0.183. The maximum absolute atomic E-state index is 12.2. The first kappa shape index (κ1) is 15.6. The molecule has 0 radical (unpaired) electrons. The summed E-state index contributed by atoms with van der Waals surface area (Å²) >= 11 is 7.10. The van der Waals surface area contributed by atoms with Crippen molar-refractivity contribution in [1.82, 2.24) is 9.97 Å². The molecule has 1 amide bonds. The Bertz CT molecular complexity index is 717. The lowest BCUT2D eigenvalue weighted by molar-refractivity contribution is -0.115. The molecule has 5 nitrogen and oxygen atoms in total. The van der Waals surface area contributed by atoms with E-state index in [2.05, 4.69) is 15.3 Å². The van der Waals surface area contributed by atoms with Gasteiger partial charge >= 0.3 is 0 Å². The number of halogens is 1. The fourth-order valence-electron chi connectivity index (χ4n) is 1.60. The lowest BCUT2D eigenvalue weighted by atomic mass is 10.2. The van der Waals surface area contributed by atoms with E-state index in [1.165, 1.54) is 24.0 Å². The second kappa shape index (κ2) is 6.78. The second-order valence-electron chi connectivity index (χ2n) is 4.45. The first-order chi connectivity index (χ1) is 9.95. The monoisotopic (exact) mass is 323 g/mol. The standard InChI is InChI=1S/C14H14ClN3O2S/c1-8-3-4-10(15)7-11(8)17-13(20)9(2)21-14-16-6-5-12(19)18-14/h3-7,9H,1-2H3,(H,17,20)(H,16,18,19)/t9-/m1/s1. The van der Waals surface area contributed by atoms with Gasteiger partial charge in [-0.05, 0) is 31.5 Å². The smallest absolute Gasteiger partial charge is 0.251 e. The van der Waals surface area contributed by atoms with E-state index in [0.29, 0.717) is 15.9 Å². The van der Waals surface area contributed by atoms with Crippen LogP contribution in [0.4, 0.5) is 5.69 Å². The molecule has 2 N–H and O–H groups in total. The molecular weight excluding hydrogens is 310 g/mol. The van der Waals surface area contributed by atoms with Gasteiger partial charge in [0.05, 0.1) is 5.25 Å². The summed E-state index contributed by atoms with van der Waals surface area (Å²) in [6.45, 7) is 3.63. The minimum atomic E-state index is -0.408. The molecule has 0 bridgehead atoms. The van der Waals surface area contributed by atoms with Crippen molar-refractivity contribution in [2.75, 3.05) is 5.32 Å². The molecule has 1 heterocycles. The largest absolute Gasteiger partial charge is 0.325 e. The number of carbonyl (C=O) groups excluding carboxylic acids is 1. The van der Waals surface area contributed by atoms with Crippen molar-refractivity contribution in [3.8, 4) is 0 Å². The third-order valence-electron chi connectivity index (χ3n) is 2.76. The average Bonchev–Trinajstić information content (AvgIpc) is 2.43. The van der Waals surface area contributed by atoms with Crippen LogP contribution in [0.1, 0.15) is 12.5 Å². The number of hydrogen-bond acceptors (Lipinski definition) is 4. The topological polar surface area (TPSA) is 74.8 Å². The van der Waals surface area contributed by atoms with Gasteiger partial charge in [-0.2, -0.15) is 0 Å². The van der Waals surface area contributed by atoms with E-state index in [0.717, 1.165) is 5.56 Å². The van der Waals surface area contributed by atoms with Gasteiger partial charge in [0, 0.05) is 23.0 Å². The molecule has 0 saturated carbocycles. The Labute approximate surface area is 131 Å². The normalized spacial score (nSPS) is 12.0. The van der Waals surface area contributed by atoms with Crippen molar-refractivity contribution in [3.05, 3.63) is 51.4 Å². The third-order valence-corrected chi connectivity index (χ3v) is 4.00. The van der Waals surface area contributed by atoms with Crippen LogP contribution in [0.25, 0.3) is 0 Å². The molecule has 0 unspecified atom stereocenters. The van der Waals surface area contributed by atoms with E-state index in [9.17, 15) is 9.59 Å². The minimum absolute atomic E-state index is 0.183. The second-order valence-corrected chi connectivity index (χ2v) is 6.21. The van der Waals surface area contributed by atoms with Crippen LogP contribution in [0.3, 0.4) is 0 Å². The number of thioether (sulfide) groups is 1. The van der Waals surface area contributed by atoms with Crippen molar-refractivity contribution in [2.24, 2.45) is 0 Å². The average molecular weight is 324 g/mol. The van der Waals surface area contributed by atoms with E-state index in [-0.39, 0.29) is 11.5 Å². The number of benzene rings is 1. The molecule has 2 rings (SSSR count). The Balaban J connectivity index is 2.06. The fourth-order valence-corrected chi connectivity index (χ4v) is 2.55. The third kappa shape index (κ3) is 4.34. The molecule has 0 aliphatic carbocycles.